The Labute approximate surface area is 96.8 Å². The molecule has 0 bridgehead atoms. The van der Waals surface area contributed by atoms with Crippen molar-refractivity contribution in [2.45, 2.75) is 6.54 Å². The zero-order chi connectivity index (χ0) is 12.4. The molecule has 0 aliphatic heterocycles. The molecule has 6 heteroatoms. The maximum atomic E-state index is 13.3. The number of halogens is 1. The normalized spacial score (nSPS) is 10.5. The fourth-order valence-corrected chi connectivity index (χ4v) is 1.47. The van der Waals surface area contributed by atoms with Crippen molar-refractivity contribution in [1.29, 1.82) is 0 Å². The highest BCUT2D eigenvalue weighted by Gasteiger charge is 2.07. The molecule has 0 fully saturated rings. The third kappa shape index (κ3) is 2.31. The monoisotopic (exact) mass is 234 g/mol. The zero-order valence-electron chi connectivity index (χ0n) is 8.93. The Hall–Kier alpha value is -2.21. The Morgan fingerprint density at radius 1 is 1.41 bits per heavy atom. The highest BCUT2D eigenvalue weighted by Crippen LogP contribution is 2.13. The number of benzene rings is 1. The van der Waals surface area contributed by atoms with Crippen LogP contribution < -0.4 is 11.5 Å². The molecule has 0 radical (unpaired) electrons. The second-order valence-corrected chi connectivity index (χ2v) is 3.56. The lowest BCUT2D eigenvalue weighted by Crippen LogP contribution is -2.09. The highest BCUT2D eigenvalue weighted by molar-refractivity contribution is 5.92. The first-order chi connectivity index (χ1) is 8.10. The summed E-state index contributed by atoms with van der Waals surface area (Å²) in [5.74, 6) is -0.981. The number of carbonyl (C=O) groups is 1. The van der Waals surface area contributed by atoms with E-state index in [0.29, 0.717) is 11.3 Å². The summed E-state index contributed by atoms with van der Waals surface area (Å²) < 4.78 is 14.7. The van der Waals surface area contributed by atoms with Gasteiger partial charge in [0.25, 0.3) is 5.91 Å². The van der Waals surface area contributed by atoms with E-state index in [1.54, 1.807) is 6.07 Å². The quantitative estimate of drug-likeness (QED) is 0.813. The first-order valence-electron chi connectivity index (χ1n) is 4.94. The third-order valence-corrected chi connectivity index (χ3v) is 2.31. The van der Waals surface area contributed by atoms with Crippen LogP contribution >= 0.6 is 0 Å². The molecule has 2 aromatic rings. The number of nitrogens with zero attached hydrogens (tertiary/aromatic N) is 2. The summed E-state index contributed by atoms with van der Waals surface area (Å²) in [4.78, 5) is 10.9. The molecule has 0 spiro atoms. The molecule has 0 aliphatic carbocycles. The third-order valence-electron chi connectivity index (χ3n) is 2.31. The highest BCUT2D eigenvalue weighted by atomic mass is 19.1. The van der Waals surface area contributed by atoms with Crippen molar-refractivity contribution in [3.05, 3.63) is 47.5 Å². The van der Waals surface area contributed by atoms with Gasteiger partial charge in [0.05, 0.1) is 17.4 Å². The van der Waals surface area contributed by atoms with Gasteiger partial charge in [-0.1, -0.05) is 0 Å². The van der Waals surface area contributed by atoms with Crippen molar-refractivity contribution in [3.63, 3.8) is 0 Å². The lowest BCUT2D eigenvalue weighted by Gasteiger charge is -2.04. The van der Waals surface area contributed by atoms with Gasteiger partial charge in [0.2, 0.25) is 0 Å². The van der Waals surface area contributed by atoms with E-state index < -0.39 is 11.7 Å². The molecule has 5 nitrogen and oxygen atoms in total. The van der Waals surface area contributed by atoms with E-state index in [0.717, 1.165) is 0 Å². The molecular weight excluding hydrogens is 223 g/mol. The first-order valence-corrected chi connectivity index (χ1v) is 4.94. The molecule has 0 saturated heterocycles. The molecule has 0 unspecified atom stereocenters. The minimum atomic E-state index is -0.577. The van der Waals surface area contributed by atoms with Crippen molar-refractivity contribution < 1.29 is 9.18 Å². The van der Waals surface area contributed by atoms with Gasteiger partial charge in [0.1, 0.15) is 5.82 Å². The number of primary amides is 1. The Kier molecular flexibility index (Phi) is 2.88. The summed E-state index contributed by atoms with van der Waals surface area (Å²) in [5.41, 5.74) is 12.0. The van der Waals surface area contributed by atoms with Gasteiger partial charge < -0.3 is 11.5 Å². The van der Waals surface area contributed by atoms with Crippen LogP contribution in [0, 0.1) is 5.82 Å². The fourth-order valence-electron chi connectivity index (χ4n) is 1.47. The molecule has 1 heterocycles. The molecule has 1 aromatic carbocycles. The molecule has 1 amide bonds. The number of nitrogens with two attached hydrogens (primary N) is 2. The number of hydrogen-bond acceptors (Lipinski definition) is 3. The van der Waals surface area contributed by atoms with Crippen molar-refractivity contribution in [2.24, 2.45) is 11.5 Å². The second-order valence-electron chi connectivity index (χ2n) is 3.56. The van der Waals surface area contributed by atoms with E-state index in [-0.39, 0.29) is 12.1 Å². The van der Waals surface area contributed by atoms with Crippen LogP contribution in [0.4, 0.5) is 4.39 Å². The number of rotatable bonds is 3. The second kappa shape index (κ2) is 4.34. The Morgan fingerprint density at radius 3 is 2.76 bits per heavy atom. The van der Waals surface area contributed by atoms with Gasteiger partial charge in [-0.05, 0) is 23.8 Å². The Bertz CT molecular complexity index is 564. The Balaban J connectivity index is 2.44. The van der Waals surface area contributed by atoms with Crippen molar-refractivity contribution in [1.82, 2.24) is 9.78 Å². The SMILES string of the molecule is NCc1cc(F)cc(-n2cc(C(N)=O)cn2)c1. The van der Waals surface area contributed by atoms with Gasteiger partial charge in [-0.15, -0.1) is 0 Å². The van der Waals surface area contributed by atoms with Gasteiger partial charge in [0.15, 0.2) is 0 Å². The molecule has 88 valence electrons. The molecule has 0 atom stereocenters. The lowest BCUT2D eigenvalue weighted by atomic mass is 10.2. The van der Waals surface area contributed by atoms with Gasteiger partial charge in [-0.3, -0.25) is 4.79 Å². The van der Waals surface area contributed by atoms with Crippen LogP contribution in [0.25, 0.3) is 5.69 Å². The van der Waals surface area contributed by atoms with Crippen LogP contribution in [-0.4, -0.2) is 15.7 Å². The van der Waals surface area contributed by atoms with Gasteiger partial charge in [-0.25, -0.2) is 9.07 Å². The summed E-state index contributed by atoms with van der Waals surface area (Å²) in [6.45, 7) is 0.231. The smallest absolute Gasteiger partial charge is 0.251 e. The molecule has 2 rings (SSSR count). The molecular formula is C11H11FN4O. The number of aromatic nitrogens is 2. The summed E-state index contributed by atoms with van der Waals surface area (Å²) in [5, 5.41) is 3.93. The summed E-state index contributed by atoms with van der Waals surface area (Å²) >= 11 is 0. The molecule has 17 heavy (non-hydrogen) atoms. The van der Waals surface area contributed by atoms with Crippen molar-refractivity contribution >= 4 is 5.91 Å². The van der Waals surface area contributed by atoms with E-state index in [9.17, 15) is 9.18 Å². The van der Waals surface area contributed by atoms with E-state index in [2.05, 4.69) is 5.10 Å². The molecule has 0 aliphatic rings. The lowest BCUT2D eigenvalue weighted by molar-refractivity contribution is 0.100. The number of hydrogen-bond donors (Lipinski definition) is 2. The largest absolute Gasteiger partial charge is 0.366 e. The predicted molar refractivity (Wildman–Crippen MR) is 59.9 cm³/mol. The zero-order valence-corrected chi connectivity index (χ0v) is 8.93. The van der Waals surface area contributed by atoms with Crippen molar-refractivity contribution in [2.75, 3.05) is 0 Å². The van der Waals surface area contributed by atoms with E-state index in [1.807, 2.05) is 0 Å². The van der Waals surface area contributed by atoms with Crippen molar-refractivity contribution in [3.8, 4) is 5.69 Å². The van der Waals surface area contributed by atoms with E-state index in [1.165, 1.54) is 29.2 Å². The van der Waals surface area contributed by atoms with Gasteiger partial charge >= 0.3 is 0 Å². The van der Waals surface area contributed by atoms with Gasteiger partial charge in [0, 0.05) is 12.7 Å². The predicted octanol–water partition coefficient (Wildman–Crippen LogP) is 0.569. The van der Waals surface area contributed by atoms with E-state index >= 15 is 0 Å². The maximum Gasteiger partial charge on any atom is 0.251 e. The minimum absolute atomic E-state index is 0.231. The standard InChI is InChI=1S/C11H11FN4O/c12-9-1-7(4-13)2-10(3-9)16-6-8(5-15-16)11(14)17/h1-3,5-6H,4,13H2,(H2,14,17). The molecule has 0 saturated carbocycles. The summed E-state index contributed by atoms with van der Waals surface area (Å²) in [6.07, 6.45) is 2.77. The minimum Gasteiger partial charge on any atom is -0.366 e. The summed E-state index contributed by atoms with van der Waals surface area (Å²) in [6, 6.07) is 4.35. The average molecular weight is 234 g/mol. The number of carbonyl (C=O) groups excluding carboxylic acids is 1. The van der Waals surface area contributed by atoms with Crippen LogP contribution in [-0.2, 0) is 6.54 Å². The first kappa shape index (κ1) is 11.3. The Morgan fingerprint density at radius 2 is 2.18 bits per heavy atom. The average Bonchev–Trinajstić information content (AvgIpc) is 2.77. The van der Waals surface area contributed by atoms with Crippen LogP contribution in [0.5, 0.6) is 0 Å². The van der Waals surface area contributed by atoms with Crippen LogP contribution in [0.15, 0.2) is 30.6 Å². The van der Waals surface area contributed by atoms with Gasteiger partial charge in [-0.2, -0.15) is 5.10 Å². The maximum absolute atomic E-state index is 13.3. The van der Waals surface area contributed by atoms with Crippen LogP contribution in [0.2, 0.25) is 0 Å². The topological polar surface area (TPSA) is 86.9 Å². The molecule has 4 N–H and O–H groups in total. The molecule has 1 aromatic heterocycles. The fraction of sp³-hybridized carbons (Fsp3) is 0.0909. The summed E-state index contributed by atoms with van der Waals surface area (Å²) in [7, 11) is 0. The van der Waals surface area contributed by atoms with E-state index in [4.69, 9.17) is 11.5 Å². The van der Waals surface area contributed by atoms with Crippen LogP contribution in [0.1, 0.15) is 15.9 Å². The number of amides is 1. The van der Waals surface area contributed by atoms with Crippen LogP contribution in [0.3, 0.4) is 0 Å².